The molecule has 1 N–H and O–H groups in total. The number of hydrogen-bond acceptors (Lipinski definition) is 3. The van der Waals surface area contributed by atoms with Gasteiger partial charge < -0.3 is 5.32 Å². The van der Waals surface area contributed by atoms with Gasteiger partial charge in [0.2, 0.25) is 0 Å². The van der Waals surface area contributed by atoms with E-state index < -0.39 is 35.6 Å². The largest absolute Gasteiger partial charge is 0.325 e. The summed E-state index contributed by atoms with van der Waals surface area (Å²) in [6, 6.07) is 19.0. The molecule has 1 saturated heterocycles. The molecule has 5 nitrogen and oxygen atoms in total. The molecule has 1 fully saturated rings. The first-order chi connectivity index (χ1) is 14.8. The SMILES string of the molecule is Cc1ccc([C@]2(c3ccccc3)NC(=O)N(CC(=O)c3cccc(F)c3)C2=O)cc1C. The zero-order valence-electron chi connectivity index (χ0n) is 17.2. The van der Waals surface area contributed by atoms with Crippen LogP contribution in [-0.2, 0) is 10.3 Å². The molecule has 0 unspecified atom stereocenters. The van der Waals surface area contributed by atoms with Crippen LogP contribution >= 0.6 is 0 Å². The zero-order chi connectivity index (χ0) is 22.2. The third-order valence-electron chi connectivity index (χ3n) is 5.70. The lowest BCUT2D eigenvalue weighted by molar-refractivity contribution is -0.129. The number of hydrogen-bond donors (Lipinski definition) is 1. The van der Waals surface area contributed by atoms with Crippen molar-refractivity contribution in [1.29, 1.82) is 0 Å². The summed E-state index contributed by atoms with van der Waals surface area (Å²) in [4.78, 5) is 40.2. The van der Waals surface area contributed by atoms with Gasteiger partial charge in [0.1, 0.15) is 5.82 Å². The second kappa shape index (κ2) is 7.80. The number of aryl methyl sites for hydroxylation is 2. The van der Waals surface area contributed by atoms with Crippen LogP contribution in [0.1, 0.15) is 32.6 Å². The van der Waals surface area contributed by atoms with Crippen LogP contribution < -0.4 is 5.32 Å². The maximum atomic E-state index is 13.7. The van der Waals surface area contributed by atoms with Gasteiger partial charge in [-0.2, -0.15) is 0 Å². The van der Waals surface area contributed by atoms with Gasteiger partial charge in [0, 0.05) is 5.56 Å². The fourth-order valence-electron chi connectivity index (χ4n) is 3.84. The van der Waals surface area contributed by atoms with Crippen molar-refractivity contribution in [3.05, 3.63) is 106 Å². The first-order valence-corrected chi connectivity index (χ1v) is 9.89. The van der Waals surface area contributed by atoms with Crippen molar-refractivity contribution in [3.63, 3.8) is 0 Å². The molecule has 4 rings (SSSR count). The minimum Gasteiger partial charge on any atom is -0.315 e. The monoisotopic (exact) mass is 416 g/mol. The van der Waals surface area contributed by atoms with Crippen molar-refractivity contribution in [2.45, 2.75) is 19.4 Å². The fourth-order valence-corrected chi connectivity index (χ4v) is 3.84. The summed E-state index contributed by atoms with van der Waals surface area (Å²) in [6.07, 6.45) is 0. The molecule has 1 atom stereocenters. The summed E-state index contributed by atoms with van der Waals surface area (Å²) in [5, 5.41) is 2.83. The van der Waals surface area contributed by atoms with E-state index in [1.807, 2.05) is 38.1 Å². The number of imide groups is 1. The first kappa shape index (κ1) is 20.5. The van der Waals surface area contributed by atoms with Gasteiger partial charge in [-0.3, -0.25) is 14.5 Å². The molecule has 1 aliphatic heterocycles. The molecular formula is C25H21FN2O3. The molecule has 1 aliphatic rings. The molecule has 3 aromatic rings. The van der Waals surface area contributed by atoms with E-state index in [-0.39, 0.29) is 5.56 Å². The molecule has 6 heteroatoms. The molecule has 31 heavy (non-hydrogen) atoms. The highest BCUT2D eigenvalue weighted by Gasteiger charge is 2.54. The average molecular weight is 416 g/mol. The van der Waals surface area contributed by atoms with Gasteiger partial charge in [-0.15, -0.1) is 0 Å². The van der Waals surface area contributed by atoms with Crippen molar-refractivity contribution in [3.8, 4) is 0 Å². The molecule has 0 aliphatic carbocycles. The third kappa shape index (κ3) is 3.50. The second-order valence-electron chi connectivity index (χ2n) is 7.67. The van der Waals surface area contributed by atoms with Gasteiger partial charge in [-0.25, -0.2) is 9.18 Å². The van der Waals surface area contributed by atoms with Gasteiger partial charge >= 0.3 is 6.03 Å². The highest BCUT2D eigenvalue weighted by molar-refractivity contribution is 6.13. The summed E-state index contributed by atoms with van der Waals surface area (Å²) >= 11 is 0. The lowest BCUT2D eigenvalue weighted by atomic mass is 9.81. The van der Waals surface area contributed by atoms with Crippen LogP contribution in [0.25, 0.3) is 0 Å². The third-order valence-corrected chi connectivity index (χ3v) is 5.70. The molecule has 3 amide bonds. The maximum absolute atomic E-state index is 13.7. The smallest absolute Gasteiger partial charge is 0.315 e. The quantitative estimate of drug-likeness (QED) is 0.503. The lowest BCUT2D eigenvalue weighted by Gasteiger charge is -2.28. The van der Waals surface area contributed by atoms with Crippen molar-refractivity contribution in [2.75, 3.05) is 6.54 Å². The summed E-state index contributed by atoms with van der Waals surface area (Å²) in [5.41, 5.74) is 1.90. The number of Topliss-reactive ketones (excluding diaryl/α,β-unsaturated/α-hetero) is 1. The van der Waals surface area contributed by atoms with Crippen LogP contribution in [0.5, 0.6) is 0 Å². The Morgan fingerprint density at radius 2 is 1.65 bits per heavy atom. The highest BCUT2D eigenvalue weighted by atomic mass is 19.1. The topological polar surface area (TPSA) is 66.5 Å². The van der Waals surface area contributed by atoms with E-state index in [0.29, 0.717) is 11.1 Å². The highest BCUT2D eigenvalue weighted by Crippen LogP contribution is 2.36. The molecule has 0 spiro atoms. The van der Waals surface area contributed by atoms with Gasteiger partial charge in [-0.05, 0) is 48.2 Å². The number of ketones is 1. The molecule has 0 radical (unpaired) electrons. The Morgan fingerprint density at radius 1 is 0.903 bits per heavy atom. The number of halogens is 1. The number of carbonyl (C=O) groups is 3. The Kier molecular flexibility index (Phi) is 5.15. The predicted molar refractivity (Wildman–Crippen MR) is 114 cm³/mol. The summed E-state index contributed by atoms with van der Waals surface area (Å²) < 4.78 is 13.5. The fraction of sp³-hybridized carbons (Fsp3) is 0.160. The van der Waals surface area contributed by atoms with E-state index in [2.05, 4.69) is 5.32 Å². The minimum atomic E-state index is -1.45. The van der Waals surface area contributed by atoms with Gasteiger partial charge in [0.05, 0.1) is 6.54 Å². The van der Waals surface area contributed by atoms with Crippen LogP contribution in [-0.4, -0.2) is 29.2 Å². The lowest BCUT2D eigenvalue weighted by Crippen LogP contribution is -2.45. The Labute approximate surface area is 179 Å². The minimum absolute atomic E-state index is 0.101. The number of benzene rings is 3. The number of nitrogens with one attached hydrogen (secondary N) is 1. The van der Waals surface area contributed by atoms with Crippen molar-refractivity contribution >= 4 is 17.7 Å². The van der Waals surface area contributed by atoms with E-state index in [4.69, 9.17) is 0 Å². The van der Waals surface area contributed by atoms with E-state index >= 15 is 0 Å². The van der Waals surface area contributed by atoms with Crippen LogP contribution in [0, 0.1) is 19.7 Å². The van der Waals surface area contributed by atoms with Crippen molar-refractivity contribution < 1.29 is 18.8 Å². The second-order valence-corrected chi connectivity index (χ2v) is 7.67. The predicted octanol–water partition coefficient (Wildman–Crippen LogP) is 4.12. The normalized spacial score (nSPS) is 18.2. The van der Waals surface area contributed by atoms with E-state index in [1.54, 1.807) is 24.3 Å². The van der Waals surface area contributed by atoms with Crippen molar-refractivity contribution in [1.82, 2.24) is 10.2 Å². The molecule has 1 heterocycles. The molecule has 0 bridgehead atoms. The number of amides is 3. The Hall–Kier alpha value is -3.80. The molecule has 156 valence electrons. The zero-order valence-corrected chi connectivity index (χ0v) is 17.2. The Bertz CT molecular complexity index is 1190. The standard InChI is InChI=1S/C25H21FN2O3/c1-16-11-12-20(13-17(16)2)25(19-8-4-3-5-9-19)23(30)28(24(31)27-25)15-22(29)18-7-6-10-21(26)14-18/h3-14H,15H2,1-2H3,(H,27,31)/t25-/m0/s1. The Balaban J connectivity index is 1.77. The molecule has 0 saturated carbocycles. The molecule has 0 aromatic heterocycles. The van der Waals surface area contributed by atoms with Gasteiger partial charge in [0.15, 0.2) is 11.3 Å². The Morgan fingerprint density at radius 3 is 2.32 bits per heavy atom. The maximum Gasteiger partial charge on any atom is 0.325 e. The summed E-state index contributed by atoms with van der Waals surface area (Å²) in [7, 11) is 0. The van der Waals surface area contributed by atoms with E-state index in [0.717, 1.165) is 22.1 Å². The molecule has 3 aromatic carbocycles. The number of rotatable bonds is 5. The van der Waals surface area contributed by atoms with Crippen LogP contribution in [0.4, 0.5) is 9.18 Å². The summed E-state index contributed by atoms with van der Waals surface area (Å²) in [6.45, 7) is 3.42. The van der Waals surface area contributed by atoms with E-state index in [9.17, 15) is 18.8 Å². The first-order valence-electron chi connectivity index (χ1n) is 9.89. The van der Waals surface area contributed by atoms with Crippen molar-refractivity contribution in [2.24, 2.45) is 0 Å². The molecular weight excluding hydrogens is 395 g/mol. The number of urea groups is 1. The van der Waals surface area contributed by atoms with E-state index in [1.165, 1.54) is 18.2 Å². The van der Waals surface area contributed by atoms with Crippen LogP contribution in [0.3, 0.4) is 0 Å². The number of nitrogens with zero attached hydrogens (tertiary/aromatic N) is 1. The van der Waals surface area contributed by atoms with Crippen LogP contribution in [0.15, 0.2) is 72.8 Å². The number of carbonyl (C=O) groups excluding carboxylic acids is 3. The van der Waals surface area contributed by atoms with Crippen LogP contribution in [0.2, 0.25) is 0 Å². The van der Waals surface area contributed by atoms with Gasteiger partial charge in [-0.1, -0.05) is 60.7 Å². The average Bonchev–Trinajstić information content (AvgIpc) is 3.02. The van der Waals surface area contributed by atoms with Gasteiger partial charge in [0.25, 0.3) is 5.91 Å². The summed E-state index contributed by atoms with van der Waals surface area (Å²) in [5.74, 6) is -1.62.